The molecule has 1 unspecified atom stereocenters. The average Bonchev–Trinajstić information content (AvgIpc) is 3.01. The minimum atomic E-state index is 0.117. The van der Waals surface area contributed by atoms with Crippen LogP contribution in [0.15, 0.2) is 24.3 Å². The monoisotopic (exact) mass is 319 g/mol. The minimum Gasteiger partial charge on any atom is -0.326 e. The van der Waals surface area contributed by atoms with Crippen LogP contribution in [0.4, 0.5) is 5.69 Å². The molecule has 2 N–H and O–H groups in total. The second-order valence-electron chi connectivity index (χ2n) is 6.13. The van der Waals surface area contributed by atoms with Crippen LogP contribution in [0.5, 0.6) is 0 Å². The lowest BCUT2D eigenvalue weighted by molar-refractivity contribution is -0.116. The van der Waals surface area contributed by atoms with Crippen LogP contribution >= 0.6 is 11.8 Å². The van der Waals surface area contributed by atoms with Crippen molar-refractivity contribution < 1.29 is 4.79 Å². The van der Waals surface area contributed by atoms with Crippen molar-refractivity contribution in [3.63, 3.8) is 0 Å². The van der Waals surface area contributed by atoms with Crippen molar-refractivity contribution in [3.05, 3.63) is 29.8 Å². The molecule has 1 amide bonds. The predicted octanol–water partition coefficient (Wildman–Crippen LogP) is 2.32. The van der Waals surface area contributed by atoms with E-state index < -0.39 is 0 Å². The topological polar surface area (TPSA) is 44.4 Å². The van der Waals surface area contributed by atoms with Crippen molar-refractivity contribution in [1.29, 1.82) is 0 Å². The molecule has 22 heavy (non-hydrogen) atoms. The number of amides is 1. The molecule has 4 nitrogen and oxygen atoms in total. The Morgan fingerprint density at radius 3 is 3.00 bits per heavy atom. The first kappa shape index (κ1) is 15.8. The first-order valence-corrected chi connectivity index (χ1v) is 9.37. The number of hydrogen-bond donors (Lipinski definition) is 2. The quantitative estimate of drug-likeness (QED) is 0.874. The number of thioether (sulfide) groups is 1. The zero-order valence-electron chi connectivity index (χ0n) is 13.0. The Hall–Kier alpha value is -1.04. The lowest BCUT2D eigenvalue weighted by Gasteiger charge is -2.26. The summed E-state index contributed by atoms with van der Waals surface area (Å²) in [6, 6.07) is 8.64. The molecule has 2 aliphatic heterocycles. The van der Waals surface area contributed by atoms with E-state index in [-0.39, 0.29) is 5.91 Å². The van der Waals surface area contributed by atoms with E-state index in [0.717, 1.165) is 38.3 Å². The van der Waals surface area contributed by atoms with E-state index in [0.29, 0.717) is 12.5 Å². The molecule has 0 spiro atoms. The van der Waals surface area contributed by atoms with Gasteiger partial charge in [-0.25, -0.2) is 0 Å². The van der Waals surface area contributed by atoms with Crippen molar-refractivity contribution in [3.8, 4) is 0 Å². The van der Waals surface area contributed by atoms with Crippen molar-refractivity contribution in [1.82, 2.24) is 10.2 Å². The van der Waals surface area contributed by atoms with Gasteiger partial charge in [0.05, 0.1) is 0 Å². The van der Waals surface area contributed by atoms with E-state index >= 15 is 0 Å². The molecule has 2 fully saturated rings. The Kier molecular flexibility index (Phi) is 5.76. The first-order valence-electron chi connectivity index (χ1n) is 8.22. The van der Waals surface area contributed by atoms with Gasteiger partial charge in [-0.2, -0.15) is 11.8 Å². The van der Waals surface area contributed by atoms with Crippen LogP contribution in [0.1, 0.15) is 24.8 Å². The summed E-state index contributed by atoms with van der Waals surface area (Å²) in [6.45, 7) is 4.35. The summed E-state index contributed by atoms with van der Waals surface area (Å²) in [5, 5.41) is 6.41. The maximum absolute atomic E-state index is 12.1. The van der Waals surface area contributed by atoms with Gasteiger partial charge in [0.25, 0.3) is 0 Å². The molecule has 2 heterocycles. The van der Waals surface area contributed by atoms with Gasteiger partial charge in [-0.15, -0.1) is 0 Å². The summed E-state index contributed by atoms with van der Waals surface area (Å²) < 4.78 is 0. The lowest BCUT2D eigenvalue weighted by atomic mass is 10.1. The highest BCUT2D eigenvalue weighted by Crippen LogP contribution is 2.17. The van der Waals surface area contributed by atoms with E-state index in [2.05, 4.69) is 27.7 Å². The number of anilines is 1. The van der Waals surface area contributed by atoms with Crippen molar-refractivity contribution in [2.75, 3.05) is 36.5 Å². The van der Waals surface area contributed by atoms with Crippen molar-refractivity contribution >= 4 is 23.4 Å². The zero-order valence-corrected chi connectivity index (χ0v) is 13.8. The standard InChI is InChI=1S/C17H25N3OS/c21-17(12-15-5-2-6-18-15)19-16-4-1-3-14(11-16)13-20-7-9-22-10-8-20/h1,3-4,11,15,18H,2,5-10,12-13H2,(H,19,21). The summed E-state index contributed by atoms with van der Waals surface area (Å²) in [7, 11) is 0. The summed E-state index contributed by atoms with van der Waals surface area (Å²) in [5.41, 5.74) is 2.20. The van der Waals surface area contributed by atoms with E-state index in [1.165, 1.54) is 23.5 Å². The zero-order chi connectivity index (χ0) is 15.2. The molecule has 1 aromatic rings. The summed E-state index contributed by atoms with van der Waals surface area (Å²) in [4.78, 5) is 14.6. The lowest BCUT2D eigenvalue weighted by Crippen LogP contribution is -2.32. The maximum Gasteiger partial charge on any atom is 0.225 e. The van der Waals surface area contributed by atoms with Gasteiger partial charge >= 0.3 is 0 Å². The molecule has 120 valence electrons. The van der Waals surface area contributed by atoms with Gasteiger partial charge in [0.15, 0.2) is 0 Å². The molecule has 2 aliphatic rings. The highest BCUT2D eigenvalue weighted by atomic mass is 32.2. The Balaban J connectivity index is 1.52. The molecule has 0 aliphatic carbocycles. The van der Waals surface area contributed by atoms with Gasteiger partial charge in [0.2, 0.25) is 5.91 Å². The highest BCUT2D eigenvalue weighted by Gasteiger charge is 2.17. The summed E-state index contributed by atoms with van der Waals surface area (Å²) in [6.07, 6.45) is 2.87. The molecule has 0 bridgehead atoms. The number of rotatable bonds is 5. The van der Waals surface area contributed by atoms with Gasteiger partial charge in [-0.05, 0) is 37.1 Å². The van der Waals surface area contributed by atoms with Gasteiger partial charge in [0, 0.05) is 49.3 Å². The fourth-order valence-electron chi connectivity index (χ4n) is 3.13. The first-order chi connectivity index (χ1) is 10.8. The SMILES string of the molecule is O=C(CC1CCCN1)Nc1cccc(CN2CCSCC2)c1. The molecular weight excluding hydrogens is 294 g/mol. The minimum absolute atomic E-state index is 0.117. The van der Waals surface area contributed by atoms with E-state index in [1.54, 1.807) is 0 Å². The Bertz CT molecular complexity index is 496. The largest absolute Gasteiger partial charge is 0.326 e. The number of benzene rings is 1. The third kappa shape index (κ3) is 4.73. The normalized spacial score (nSPS) is 22.6. The molecule has 1 atom stereocenters. The third-order valence-electron chi connectivity index (χ3n) is 4.31. The number of carbonyl (C=O) groups is 1. The number of nitrogens with one attached hydrogen (secondary N) is 2. The third-order valence-corrected chi connectivity index (χ3v) is 5.26. The molecule has 2 saturated heterocycles. The van der Waals surface area contributed by atoms with Crippen LogP contribution in [0.25, 0.3) is 0 Å². The Morgan fingerprint density at radius 2 is 2.23 bits per heavy atom. The number of hydrogen-bond acceptors (Lipinski definition) is 4. The van der Waals surface area contributed by atoms with E-state index in [9.17, 15) is 4.79 Å². The van der Waals surface area contributed by atoms with Gasteiger partial charge < -0.3 is 10.6 Å². The smallest absolute Gasteiger partial charge is 0.225 e. The molecule has 0 radical (unpaired) electrons. The van der Waals surface area contributed by atoms with Crippen LogP contribution in [-0.4, -0.2) is 48.0 Å². The molecule has 1 aromatic carbocycles. The van der Waals surface area contributed by atoms with Crippen LogP contribution in [-0.2, 0) is 11.3 Å². The van der Waals surface area contributed by atoms with Crippen molar-refractivity contribution in [2.24, 2.45) is 0 Å². The van der Waals surface area contributed by atoms with Gasteiger partial charge in [-0.1, -0.05) is 12.1 Å². The average molecular weight is 319 g/mol. The predicted molar refractivity (Wildman–Crippen MR) is 93.3 cm³/mol. The Morgan fingerprint density at radius 1 is 1.36 bits per heavy atom. The Labute approximate surface area is 137 Å². The highest BCUT2D eigenvalue weighted by molar-refractivity contribution is 7.99. The van der Waals surface area contributed by atoms with E-state index in [1.807, 2.05) is 23.9 Å². The second kappa shape index (κ2) is 7.99. The second-order valence-corrected chi connectivity index (χ2v) is 7.36. The van der Waals surface area contributed by atoms with Gasteiger partial charge in [0.1, 0.15) is 0 Å². The van der Waals surface area contributed by atoms with Crippen LogP contribution in [0, 0.1) is 0 Å². The maximum atomic E-state index is 12.1. The molecule has 0 saturated carbocycles. The van der Waals surface area contributed by atoms with Crippen LogP contribution in [0.3, 0.4) is 0 Å². The molecular formula is C17H25N3OS. The van der Waals surface area contributed by atoms with Crippen LogP contribution < -0.4 is 10.6 Å². The fraction of sp³-hybridized carbons (Fsp3) is 0.588. The van der Waals surface area contributed by atoms with Crippen LogP contribution in [0.2, 0.25) is 0 Å². The summed E-state index contributed by atoms with van der Waals surface area (Å²) >= 11 is 2.03. The molecule has 3 rings (SSSR count). The molecule has 0 aromatic heterocycles. The van der Waals surface area contributed by atoms with E-state index in [4.69, 9.17) is 0 Å². The molecule has 5 heteroatoms. The van der Waals surface area contributed by atoms with Crippen molar-refractivity contribution in [2.45, 2.75) is 31.8 Å². The fourth-order valence-corrected chi connectivity index (χ4v) is 4.11. The summed E-state index contributed by atoms with van der Waals surface area (Å²) in [5.74, 6) is 2.57. The number of carbonyl (C=O) groups excluding carboxylic acids is 1. The van der Waals surface area contributed by atoms with Gasteiger partial charge in [-0.3, -0.25) is 9.69 Å². The number of nitrogens with zero attached hydrogens (tertiary/aromatic N) is 1.